The molecule has 6 heterocycles. The zero-order valence-electron chi connectivity index (χ0n) is 19.6. The Balaban J connectivity index is 1.30. The lowest BCUT2D eigenvalue weighted by atomic mass is 9.92. The van der Waals surface area contributed by atoms with Crippen LogP contribution in [-0.2, 0) is 0 Å². The van der Waals surface area contributed by atoms with Crippen LogP contribution in [0.25, 0.3) is 22.6 Å². The fourth-order valence-corrected chi connectivity index (χ4v) is 5.75. The molecule has 0 aliphatic carbocycles. The fourth-order valence-electron chi connectivity index (χ4n) is 5.75. The van der Waals surface area contributed by atoms with Gasteiger partial charge in [0.05, 0.1) is 41.1 Å². The fraction of sp³-hybridized carbons (Fsp3) is 0.440. The molecule has 9 nitrogen and oxygen atoms in total. The Morgan fingerprint density at radius 1 is 1.06 bits per heavy atom. The average Bonchev–Trinajstić information content (AvgIpc) is 3.43. The zero-order chi connectivity index (χ0) is 23.4. The normalized spacial score (nSPS) is 21.0. The van der Waals surface area contributed by atoms with E-state index >= 15 is 0 Å². The van der Waals surface area contributed by atoms with Crippen molar-refractivity contribution in [2.45, 2.75) is 32.7 Å². The molecule has 1 N–H and O–H groups in total. The largest absolute Gasteiger partial charge is 0.395 e. The van der Waals surface area contributed by atoms with E-state index in [0.717, 1.165) is 61.6 Å². The number of piperidine rings is 1. The summed E-state index contributed by atoms with van der Waals surface area (Å²) in [6.45, 7) is 7.87. The van der Waals surface area contributed by atoms with E-state index in [1.165, 1.54) is 0 Å². The first-order valence-corrected chi connectivity index (χ1v) is 12.0. The lowest BCUT2D eigenvalue weighted by Crippen LogP contribution is -2.46. The van der Waals surface area contributed by atoms with Crippen LogP contribution in [-0.4, -0.2) is 72.8 Å². The number of rotatable bonds is 4. The lowest BCUT2D eigenvalue weighted by molar-refractivity contribution is 0.158. The second-order valence-corrected chi connectivity index (χ2v) is 9.53. The smallest absolute Gasteiger partial charge is 0.258 e. The number of anilines is 1. The molecule has 0 spiro atoms. The molecule has 34 heavy (non-hydrogen) atoms. The van der Waals surface area contributed by atoms with Gasteiger partial charge in [-0.15, -0.1) is 0 Å². The number of aromatic nitrogens is 5. The first kappa shape index (κ1) is 21.2. The van der Waals surface area contributed by atoms with Crippen LogP contribution in [0.5, 0.6) is 0 Å². The maximum Gasteiger partial charge on any atom is 0.258 e. The van der Waals surface area contributed by atoms with Crippen LogP contribution in [0.3, 0.4) is 0 Å². The molecular weight excluding hydrogens is 430 g/mol. The Kier molecular flexibility index (Phi) is 5.11. The van der Waals surface area contributed by atoms with Crippen molar-refractivity contribution >= 4 is 16.9 Å². The van der Waals surface area contributed by atoms with E-state index in [4.69, 9.17) is 4.98 Å². The van der Waals surface area contributed by atoms with E-state index in [-0.39, 0.29) is 12.2 Å². The highest BCUT2D eigenvalue weighted by atomic mass is 16.3. The van der Waals surface area contributed by atoms with E-state index < -0.39 is 0 Å². The highest BCUT2D eigenvalue weighted by Gasteiger charge is 2.37. The van der Waals surface area contributed by atoms with Crippen LogP contribution in [0.15, 0.2) is 41.5 Å². The van der Waals surface area contributed by atoms with Gasteiger partial charge in [-0.3, -0.25) is 19.1 Å². The summed E-state index contributed by atoms with van der Waals surface area (Å²) in [6.07, 6.45) is 6.03. The zero-order valence-corrected chi connectivity index (χ0v) is 19.6. The number of fused-ring (bicyclic) bond motifs is 3. The van der Waals surface area contributed by atoms with Gasteiger partial charge in [0.25, 0.3) is 5.56 Å². The van der Waals surface area contributed by atoms with Crippen molar-refractivity contribution in [2.75, 3.05) is 37.7 Å². The molecule has 2 saturated heterocycles. The standard InChI is InChI=1S/C25H29N7O2/c1-16-13-32-23(17(2)26-16)11-21(28-32)20-12-25(34)31-15-19(3-4-24(31)27-20)30-8-6-22-18(14-30)5-7-29(22)9-10-33/h3-4,11-13,15,18,22,33H,5-10,14H2,1-2H3. The number of aliphatic hydroxyl groups is 1. The van der Waals surface area contributed by atoms with Gasteiger partial charge in [0.2, 0.25) is 0 Å². The van der Waals surface area contributed by atoms with Gasteiger partial charge in [-0.05, 0) is 57.4 Å². The number of β-amino-alcohol motifs (C(OH)–C–C–N with tert-alkyl or cyclic N) is 1. The molecule has 2 fully saturated rings. The monoisotopic (exact) mass is 459 g/mol. The summed E-state index contributed by atoms with van der Waals surface area (Å²) in [5.41, 5.74) is 5.46. The van der Waals surface area contributed by atoms with Gasteiger partial charge in [-0.25, -0.2) is 9.50 Å². The summed E-state index contributed by atoms with van der Waals surface area (Å²) >= 11 is 0. The quantitative estimate of drug-likeness (QED) is 0.499. The summed E-state index contributed by atoms with van der Waals surface area (Å²) in [7, 11) is 0. The SMILES string of the molecule is Cc1cn2nc(-c3cc(=O)n4cc(N5CCC6C(CCN6CCO)C5)ccc4n3)cc2c(C)n1. The molecule has 2 aliphatic rings. The van der Waals surface area contributed by atoms with Crippen LogP contribution in [0.4, 0.5) is 5.69 Å². The maximum absolute atomic E-state index is 13.1. The minimum absolute atomic E-state index is 0.116. The molecule has 2 unspecified atom stereocenters. The lowest BCUT2D eigenvalue weighted by Gasteiger charge is -2.39. The molecule has 0 saturated carbocycles. The molecule has 6 rings (SSSR count). The molecule has 0 amide bonds. The van der Waals surface area contributed by atoms with Crippen LogP contribution in [0.1, 0.15) is 24.2 Å². The third-order valence-corrected chi connectivity index (χ3v) is 7.37. The number of hydrogen-bond acceptors (Lipinski definition) is 7. The number of aliphatic hydroxyl groups excluding tert-OH is 1. The van der Waals surface area contributed by atoms with E-state index in [9.17, 15) is 9.90 Å². The Labute approximate surface area is 197 Å². The third kappa shape index (κ3) is 3.56. The molecule has 4 aromatic rings. The van der Waals surface area contributed by atoms with Crippen LogP contribution in [0.2, 0.25) is 0 Å². The van der Waals surface area contributed by atoms with E-state index in [0.29, 0.717) is 29.0 Å². The molecule has 0 radical (unpaired) electrons. The average molecular weight is 460 g/mol. The van der Waals surface area contributed by atoms with Crippen molar-refractivity contribution in [2.24, 2.45) is 5.92 Å². The Morgan fingerprint density at radius 3 is 2.79 bits per heavy atom. The Bertz CT molecular complexity index is 1440. The van der Waals surface area contributed by atoms with Gasteiger partial charge in [0.1, 0.15) is 11.3 Å². The van der Waals surface area contributed by atoms with Crippen molar-refractivity contribution in [3.8, 4) is 11.4 Å². The number of pyridine rings is 1. The molecular formula is C25H29N7O2. The minimum atomic E-state index is -0.116. The summed E-state index contributed by atoms with van der Waals surface area (Å²) in [5.74, 6) is 0.602. The maximum atomic E-state index is 13.1. The van der Waals surface area contributed by atoms with Gasteiger partial charge in [-0.1, -0.05) is 0 Å². The molecule has 2 atom stereocenters. The molecule has 2 aliphatic heterocycles. The molecule has 176 valence electrons. The van der Waals surface area contributed by atoms with Crippen molar-refractivity contribution in [3.63, 3.8) is 0 Å². The molecule has 0 aromatic carbocycles. The van der Waals surface area contributed by atoms with E-state index in [2.05, 4.69) is 25.9 Å². The van der Waals surface area contributed by atoms with Crippen LogP contribution >= 0.6 is 0 Å². The predicted octanol–water partition coefficient (Wildman–Crippen LogP) is 1.91. The first-order valence-electron chi connectivity index (χ1n) is 12.0. The summed E-state index contributed by atoms with van der Waals surface area (Å²) < 4.78 is 3.43. The highest BCUT2D eigenvalue weighted by Crippen LogP contribution is 2.33. The second-order valence-electron chi connectivity index (χ2n) is 9.53. The summed E-state index contributed by atoms with van der Waals surface area (Å²) in [6, 6.07) is 8.03. The highest BCUT2D eigenvalue weighted by molar-refractivity contribution is 5.66. The topological polar surface area (TPSA) is 91.3 Å². The second kappa shape index (κ2) is 8.18. The van der Waals surface area contributed by atoms with E-state index in [1.54, 1.807) is 15.0 Å². The Morgan fingerprint density at radius 2 is 1.94 bits per heavy atom. The van der Waals surface area contributed by atoms with Gasteiger partial charge in [-0.2, -0.15) is 5.10 Å². The first-order chi connectivity index (χ1) is 16.5. The van der Waals surface area contributed by atoms with Crippen molar-refractivity contribution in [1.82, 2.24) is 28.9 Å². The number of aryl methyl sites for hydroxylation is 2. The molecule has 0 bridgehead atoms. The molecule has 4 aromatic heterocycles. The summed E-state index contributed by atoms with van der Waals surface area (Å²) in [5, 5.41) is 14.0. The minimum Gasteiger partial charge on any atom is -0.395 e. The summed E-state index contributed by atoms with van der Waals surface area (Å²) in [4.78, 5) is 27.1. The number of nitrogens with zero attached hydrogens (tertiary/aromatic N) is 7. The number of hydrogen-bond donors (Lipinski definition) is 1. The van der Waals surface area contributed by atoms with Crippen LogP contribution < -0.4 is 10.5 Å². The molecule has 9 heteroatoms. The van der Waals surface area contributed by atoms with E-state index in [1.807, 2.05) is 38.4 Å². The van der Waals surface area contributed by atoms with Gasteiger partial charge < -0.3 is 10.0 Å². The van der Waals surface area contributed by atoms with Gasteiger partial charge in [0, 0.05) is 37.9 Å². The van der Waals surface area contributed by atoms with Crippen molar-refractivity contribution < 1.29 is 5.11 Å². The van der Waals surface area contributed by atoms with Gasteiger partial charge in [0.15, 0.2) is 0 Å². The number of likely N-dealkylation sites (tertiary alicyclic amines) is 1. The van der Waals surface area contributed by atoms with Crippen LogP contribution in [0, 0.1) is 19.8 Å². The predicted molar refractivity (Wildman–Crippen MR) is 130 cm³/mol. The van der Waals surface area contributed by atoms with Crippen molar-refractivity contribution in [3.05, 3.63) is 58.4 Å². The van der Waals surface area contributed by atoms with Gasteiger partial charge >= 0.3 is 0 Å². The third-order valence-electron chi connectivity index (χ3n) is 7.37. The van der Waals surface area contributed by atoms with Crippen molar-refractivity contribution in [1.29, 1.82) is 0 Å². The Hall–Kier alpha value is -3.30.